The van der Waals surface area contributed by atoms with Crippen LogP contribution in [0.1, 0.15) is 46.6 Å². The van der Waals surface area contributed by atoms with Crippen molar-refractivity contribution >= 4 is 11.6 Å². The van der Waals surface area contributed by atoms with E-state index in [1.54, 1.807) is 11.3 Å². The maximum Gasteiger partial charge on any atom is 0.274 e. The molecule has 4 nitrogen and oxygen atoms in total. The predicted molar refractivity (Wildman–Crippen MR) is 101 cm³/mol. The van der Waals surface area contributed by atoms with E-state index in [9.17, 15) is 4.79 Å². The van der Waals surface area contributed by atoms with Crippen molar-refractivity contribution in [1.82, 2.24) is 5.01 Å². The summed E-state index contributed by atoms with van der Waals surface area (Å²) in [6, 6.07) is 21.1. The van der Waals surface area contributed by atoms with Crippen LogP contribution in [0.15, 0.2) is 82.5 Å². The summed E-state index contributed by atoms with van der Waals surface area (Å²) in [5.74, 6) is 0.630. The molecule has 0 spiro atoms. The zero-order valence-corrected chi connectivity index (χ0v) is 14.6. The van der Waals surface area contributed by atoms with Crippen molar-refractivity contribution in [3.63, 3.8) is 0 Å². The van der Waals surface area contributed by atoms with Crippen molar-refractivity contribution in [3.8, 4) is 0 Å². The van der Waals surface area contributed by atoms with Crippen LogP contribution in [0.25, 0.3) is 0 Å². The fourth-order valence-electron chi connectivity index (χ4n) is 3.22. The molecule has 3 aromatic rings. The lowest BCUT2D eigenvalue weighted by Crippen LogP contribution is -2.26. The summed E-state index contributed by atoms with van der Waals surface area (Å²) in [5.41, 5.74) is 3.85. The highest BCUT2D eigenvalue weighted by Crippen LogP contribution is 2.34. The molecule has 2 aromatic carbocycles. The molecule has 1 amide bonds. The minimum atomic E-state index is -0.224. The summed E-state index contributed by atoms with van der Waals surface area (Å²) in [7, 11) is 0. The van der Waals surface area contributed by atoms with E-state index >= 15 is 0 Å². The van der Waals surface area contributed by atoms with Gasteiger partial charge in [0.1, 0.15) is 11.8 Å². The third kappa shape index (κ3) is 3.06. The lowest BCUT2D eigenvalue weighted by molar-refractivity contribution is 0.0693. The van der Waals surface area contributed by atoms with E-state index in [4.69, 9.17) is 4.42 Å². The zero-order chi connectivity index (χ0) is 17.9. The molecule has 4 heteroatoms. The molecule has 1 aliphatic rings. The molecule has 0 bridgehead atoms. The molecule has 130 valence electrons. The number of rotatable bonds is 4. The second kappa shape index (κ2) is 7.00. The van der Waals surface area contributed by atoms with Gasteiger partial charge in [0.25, 0.3) is 5.91 Å². The number of aryl methyl sites for hydroxylation is 1. The van der Waals surface area contributed by atoms with Gasteiger partial charge >= 0.3 is 0 Å². The molecule has 0 saturated heterocycles. The number of nitrogens with zero attached hydrogens (tertiary/aromatic N) is 2. The number of hydrogen-bond donors (Lipinski definition) is 0. The first kappa shape index (κ1) is 16.3. The van der Waals surface area contributed by atoms with Crippen LogP contribution in [-0.2, 0) is 6.42 Å². The number of hydrogen-bond acceptors (Lipinski definition) is 3. The number of furan rings is 1. The van der Waals surface area contributed by atoms with Crippen LogP contribution in [-0.4, -0.2) is 16.6 Å². The van der Waals surface area contributed by atoms with Crippen LogP contribution < -0.4 is 0 Å². The van der Waals surface area contributed by atoms with E-state index in [0.717, 1.165) is 23.5 Å². The molecular weight excluding hydrogens is 324 g/mol. The van der Waals surface area contributed by atoms with Gasteiger partial charge in [0.15, 0.2) is 0 Å². The fourth-order valence-corrected chi connectivity index (χ4v) is 3.22. The molecule has 26 heavy (non-hydrogen) atoms. The largest absolute Gasteiger partial charge is 0.467 e. The van der Waals surface area contributed by atoms with Crippen LogP contribution >= 0.6 is 0 Å². The zero-order valence-electron chi connectivity index (χ0n) is 14.6. The third-order valence-corrected chi connectivity index (χ3v) is 4.71. The highest BCUT2D eigenvalue weighted by atomic mass is 16.3. The maximum absolute atomic E-state index is 13.0. The molecule has 0 unspecified atom stereocenters. The van der Waals surface area contributed by atoms with Gasteiger partial charge in [0, 0.05) is 12.0 Å². The number of hydrazone groups is 1. The van der Waals surface area contributed by atoms with Crippen LogP contribution in [0.2, 0.25) is 0 Å². The molecule has 1 aliphatic heterocycles. The summed E-state index contributed by atoms with van der Waals surface area (Å²) >= 11 is 0. The second-order valence-corrected chi connectivity index (χ2v) is 6.35. The van der Waals surface area contributed by atoms with E-state index in [1.165, 1.54) is 5.56 Å². The van der Waals surface area contributed by atoms with Gasteiger partial charge in [-0.15, -0.1) is 0 Å². The predicted octanol–water partition coefficient (Wildman–Crippen LogP) is 4.83. The number of benzene rings is 2. The Morgan fingerprint density at radius 3 is 2.50 bits per heavy atom. The lowest BCUT2D eigenvalue weighted by Gasteiger charge is -2.19. The van der Waals surface area contributed by atoms with Crippen LogP contribution in [0.4, 0.5) is 0 Å². The Labute approximate surface area is 152 Å². The van der Waals surface area contributed by atoms with Gasteiger partial charge in [-0.2, -0.15) is 5.10 Å². The van der Waals surface area contributed by atoms with Crippen LogP contribution in [0.5, 0.6) is 0 Å². The molecule has 0 N–H and O–H groups in total. The van der Waals surface area contributed by atoms with Crippen molar-refractivity contribution in [2.45, 2.75) is 25.8 Å². The van der Waals surface area contributed by atoms with E-state index in [2.05, 4.69) is 36.3 Å². The minimum Gasteiger partial charge on any atom is -0.467 e. The summed E-state index contributed by atoms with van der Waals surface area (Å²) in [4.78, 5) is 13.0. The van der Waals surface area contributed by atoms with E-state index in [1.807, 2.05) is 42.5 Å². The summed E-state index contributed by atoms with van der Waals surface area (Å²) in [6.45, 7) is 2.13. The molecule has 1 atom stereocenters. The summed E-state index contributed by atoms with van der Waals surface area (Å²) in [6.07, 6.45) is 3.27. The van der Waals surface area contributed by atoms with Crippen molar-refractivity contribution in [1.29, 1.82) is 0 Å². The van der Waals surface area contributed by atoms with Crippen LogP contribution in [0, 0.1) is 0 Å². The van der Waals surface area contributed by atoms with E-state index in [0.29, 0.717) is 12.0 Å². The highest BCUT2D eigenvalue weighted by molar-refractivity contribution is 6.05. The number of carbonyl (C=O) groups is 1. The van der Waals surface area contributed by atoms with Crippen molar-refractivity contribution < 1.29 is 9.21 Å². The average Bonchev–Trinajstić information content (AvgIpc) is 3.38. The van der Waals surface area contributed by atoms with Gasteiger partial charge in [-0.3, -0.25) is 4.79 Å². The Bertz CT molecular complexity index is 913. The fraction of sp³-hybridized carbons (Fsp3) is 0.182. The van der Waals surface area contributed by atoms with Crippen molar-refractivity contribution in [3.05, 3.63) is 95.4 Å². The average molecular weight is 344 g/mol. The molecule has 0 saturated carbocycles. The van der Waals surface area contributed by atoms with Gasteiger partial charge in [0.2, 0.25) is 0 Å². The Morgan fingerprint density at radius 1 is 1.08 bits per heavy atom. The Hall–Kier alpha value is -3.14. The standard InChI is InChI=1S/C22H20N2O2/c1-2-16-10-12-17(13-11-16)19-15-20(21-9-6-14-26-21)24(23-19)22(25)18-7-4-3-5-8-18/h3-14,20H,2,15H2,1H3/t20-/m0/s1. The minimum absolute atomic E-state index is 0.118. The van der Waals surface area contributed by atoms with Gasteiger partial charge in [-0.05, 0) is 41.8 Å². The van der Waals surface area contributed by atoms with E-state index < -0.39 is 0 Å². The summed E-state index contributed by atoms with van der Waals surface area (Å²) in [5, 5.41) is 6.22. The topological polar surface area (TPSA) is 45.8 Å². The van der Waals surface area contributed by atoms with Gasteiger partial charge < -0.3 is 4.42 Å². The SMILES string of the molecule is CCc1ccc(C2=NN(C(=O)c3ccccc3)[C@H](c3ccco3)C2)cc1. The van der Waals surface area contributed by atoms with Crippen LogP contribution in [0.3, 0.4) is 0 Å². The Balaban J connectivity index is 1.69. The lowest BCUT2D eigenvalue weighted by atomic mass is 10.0. The van der Waals surface area contributed by atoms with Gasteiger partial charge in [0.05, 0.1) is 12.0 Å². The molecule has 2 heterocycles. The van der Waals surface area contributed by atoms with E-state index in [-0.39, 0.29) is 11.9 Å². The summed E-state index contributed by atoms with van der Waals surface area (Å²) < 4.78 is 5.59. The van der Waals surface area contributed by atoms with Crippen molar-refractivity contribution in [2.75, 3.05) is 0 Å². The first-order valence-electron chi connectivity index (χ1n) is 8.85. The van der Waals surface area contributed by atoms with Gasteiger partial charge in [-0.1, -0.05) is 49.4 Å². The van der Waals surface area contributed by atoms with Crippen molar-refractivity contribution in [2.24, 2.45) is 5.10 Å². The molecule has 0 fully saturated rings. The molecular formula is C22H20N2O2. The maximum atomic E-state index is 13.0. The Morgan fingerprint density at radius 2 is 1.85 bits per heavy atom. The molecule has 0 radical (unpaired) electrons. The second-order valence-electron chi connectivity index (χ2n) is 6.35. The first-order chi connectivity index (χ1) is 12.8. The quantitative estimate of drug-likeness (QED) is 0.680. The first-order valence-corrected chi connectivity index (χ1v) is 8.85. The molecule has 0 aliphatic carbocycles. The molecule has 4 rings (SSSR count). The highest BCUT2D eigenvalue weighted by Gasteiger charge is 2.35. The number of amides is 1. The third-order valence-electron chi connectivity index (χ3n) is 4.71. The Kier molecular flexibility index (Phi) is 4.40. The normalized spacial score (nSPS) is 16.6. The van der Waals surface area contributed by atoms with Gasteiger partial charge in [-0.25, -0.2) is 5.01 Å². The molecule has 1 aromatic heterocycles. The monoisotopic (exact) mass is 344 g/mol. The smallest absolute Gasteiger partial charge is 0.274 e. The number of carbonyl (C=O) groups excluding carboxylic acids is 1.